The molecule has 1 amide bonds. The van der Waals surface area contributed by atoms with E-state index in [0.717, 1.165) is 100 Å². The predicted octanol–water partition coefficient (Wildman–Crippen LogP) is 5.55. The number of piperidine rings is 2. The standard InChI is InChI=1S/C18H19BrN6O.C17H19BrN6O.CH4/c19-14-15(12-5-2-6-22-8-12)24-18-13(9-23-25(18)16(14)20)10-3-1-4-11(7-10)17(21)26;1-25-13-5-4-10(8-21-13)12-9-22-24-16(19)14(18)15(23-17(12)24)11-3-2-6-20-7-11;/h1,3-4,7,9,12,22H,2,5-6,8,20H2,(H2,21,26);4-5,8-9,11,20H,2-3,6-7,19H2,1H3;1H4. The van der Waals surface area contributed by atoms with Crippen LogP contribution in [0.25, 0.3) is 33.5 Å². The highest BCUT2D eigenvalue weighted by molar-refractivity contribution is 9.11. The van der Waals surface area contributed by atoms with Gasteiger partial charge in [0.1, 0.15) is 11.6 Å². The number of hydrogen-bond donors (Lipinski definition) is 5. The number of halogens is 2. The maximum atomic E-state index is 11.5. The molecule has 14 nitrogen and oxygen atoms in total. The monoisotopic (exact) mass is 832 g/mol. The van der Waals surface area contributed by atoms with Gasteiger partial charge in [-0.05, 0) is 94.4 Å². The fourth-order valence-electron chi connectivity index (χ4n) is 6.65. The molecule has 2 atom stereocenters. The smallest absolute Gasteiger partial charge is 0.248 e. The highest BCUT2D eigenvalue weighted by Crippen LogP contribution is 2.36. The first-order valence-electron chi connectivity index (χ1n) is 16.7. The molecule has 8 rings (SSSR count). The number of primary amides is 1. The maximum Gasteiger partial charge on any atom is 0.248 e. The van der Waals surface area contributed by atoms with E-state index in [4.69, 9.17) is 31.9 Å². The van der Waals surface area contributed by atoms with Crippen LogP contribution in [-0.4, -0.2) is 73.4 Å². The fraction of sp³-hybridized carbons (Fsp3) is 0.333. The number of benzene rings is 1. The number of carbonyl (C=O) groups is 1. The van der Waals surface area contributed by atoms with E-state index in [1.807, 2.05) is 18.2 Å². The minimum Gasteiger partial charge on any atom is -0.481 e. The molecule has 5 aromatic heterocycles. The summed E-state index contributed by atoms with van der Waals surface area (Å²) < 4.78 is 10.0. The normalized spacial score (nSPS) is 17.3. The number of hydrogen-bond acceptors (Lipinski definition) is 11. The van der Waals surface area contributed by atoms with Crippen molar-refractivity contribution >= 4 is 60.7 Å². The number of nitrogens with zero attached hydrogens (tertiary/aromatic N) is 7. The topological polar surface area (TPSA) is 202 Å². The SMILES string of the molecule is C.COc1ccc(-c2cnn3c(N)c(Br)c(C4CCCNC4)nc23)cn1.NC(=O)c1cccc(-c2cnn3c(N)c(Br)c(C4CCCNC4)nc23)c1. The first-order valence-corrected chi connectivity index (χ1v) is 18.3. The van der Waals surface area contributed by atoms with Gasteiger partial charge in [-0.1, -0.05) is 19.6 Å². The summed E-state index contributed by atoms with van der Waals surface area (Å²) in [5, 5.41) is 15.6. The number of nitrogens with one attached hydrogen (secondary N) is 2. The van der Waals surface area contributed by atoms with Crippen LogP contribution < -0.4 is 32.6 Å². The third-order valence-electron chi connectivity index (χ3n) is 9.38. The van der Waals surface area contributed by atoms with Crippen LogP contribution in [0.3, 0.4) is 0 Å². The van der Waals surface area contributed by atoms with Gasteiger partial charge in [0, 0.05) is 59.4 Å². The van der Waals surface area contributed by atoms with Crippen molar-refractivity contribution < 1.29 is 9.53 Å². The van der Waals surface area contributed by atoms with Crippen molar-refractivity contribution in [2.45, 2.75) is 44.9 Å². The number of nitrogens with two attached hydrogens (primary N) is 3. The largest absolute Gasteiger partial charge is 0.481 e. The molecule has 0 aliphatic carbocycles. The molecule has 8 N–H and O–H groups in total. The second-order valence-corrected chi connectivity index (χ2v) is 14.2. The van der Waals surface area contributed by atoms with Crippen LogP contribution in [-0.2, 0) is 0 Å². The van der Waals surface area contributed by atoms with Crippen molar-refractivity contribution in [2.75, 3.05) is 44.8 Å². The van der Waals surface area contributed by atoms with Crippen molar-refractivity contribution in [3.05, 3.63) is 80.9 Å². The average Bonchev–Trinajstić information content (AvgIpc) is 3.81. The minimum absolute atomic E-state index is 0. The summed E-state index contributed by atoms with van der Waals surface area (Å²) in [6.45, 7) is 3.88. The molecule has 52 heavy (non-hydrogen) atoms. The molecule has 1 aromatic carbocycles. The molecule has 2 unspecified atom stereocenters. The first kappa shape index (κ1) is 37.1. The van der Waals surface area contributed by atoms with E-state index >= 15 is 0 Å². The zero-order valence-electron chi connectivity index (χ0n) is 27.9. The van der Waals surface area contributed by atoms with E-state index in [0.29, 0.717) is 40.6 Å². The molecule has 0 radical (unpaired) electrons. The predicted molar refractivity (Wildman–Crippen MR) is 210 cm³/mol. The van der Waals surface area contributed by atoms with Crippen molar-refractivity contribution in [1.29, 1.82) is 0 Å². The Bertz CT molecular complexity index is 2210. The van der Waals surface area contributed by atoms with E-state index in [1.54, 1.807) is 52.9 Å². The second-order valence-electron chi connectivity index (χ2n) is 12.6. The molecular formula is C36H42Br2N12O2. The molecule has 2 aliphatic heterocycles. The summed E-state index contributed by atoms with van der Waals surface area (Å²) in [4.78, 5) is 25.6. The highest BCUT2D eigenvalue weighted by Gasteiger charge is 2.25. The molecule has 272 valence electrons. The van der Waals surface area contributed by atoms with Crippen molar-refractivity contribution in [1.82, 2.24) is 44.8 Å². The molecule has 7 heterocycles. The molecule has 2 fully saturated rings. The molecule has 6 aromatic rings. The van der Waals surface area contributed by atoms with Crippen molar-refractivity contribution in [2.24, 2.45) is 5.73 Å². The number of methoxy groups -OCH3 is 1. The number of fused-ring (bicyclic) bond motifs is 2. The number of anilines is 2. The summed E-state index contributed by atoms with van der Waals surface area (Å²) in [7, 11) is 1.60. The third-order valence-corrected chi connectivity index (χ3v) is 11.0. The Morgan fingerprint density at radius 3 is 1.85 bits per heavy atom. The van der Waals surface area contributed by atoms with Gasteiger partial charge in [-0.15, -0.1) is 0 Å². The van der Waals surface area contributed by atoms with Crippen LogP contribution >= 0.6 is 31.9 Å². The van der Waals surface area contributed by atoms with Gasteiger partial charge >= 0.3 is 0 Å². The van der Waals surface area contributed by atoms with Crippen molar-refractivity contribution in [3.8, 4) is 28.1 Å². The number of ether oxygens (including phenoxy) is 1. The van der Waals surface area contributed by atoms with Gasteiger partial charge in [-0.2, -0.15) is 19.2 Å². The lowest BCUT2D eigenvalue weighted by atomic mass is 9.95. The molecule has 0 spiro atoms. The molecule has 0 bridgehead atoms. The summed E-state index contributed by atoms with van der Waals surface area (Å²) >= 11 is 7.21. The lowest BCUT2D eigenvalue weighted by Crippen LogP contribution is -2.29. The van der Waals surface area contributed by atoms with Crippen LogP contribution in [0, 0.1) is 0 Å². The van der Waals surface area contributed by atoms with Crippen LogP contribution in [0.1, 0.15) is 66.7 Å². The zero-order chi connectivity index (χ0) is 35.6. The van der Waals surface area contributed by atoms with Crippen LogP contribution in [0.2, 0.25) is 0 Å². The molecule has 16 heteroatoms. The number of nitrogen functional groups attached to an aromatic ring is 2. The summed E-state index contributed by atoms with van der Waals surface area (Å²) in [6, 6.07) is 10.9. The average molecular weight is 835 g/mol. The Morgan fingerprint density at radius 1 is 0.827 bits per heavy atom. The lowest BCUT2D eigenvalue weighted by Gasteiger charge is -2.23. The Hall–Kier alpha value is -4.64. The van der Waals surface area contributed by atoms with Gasteiger partial charge in [-0.3, -0.25) is 4.79 Å². The highest BCUT2D eigenvalue weighted by atomic mass is 79.9. The van der Waals surface area contributed by atoms with E-state index in [2.05, 4.69) is 57.7 Å². The van der Waals surface area contributed by atoms with Gasteiger partial charge < -0.3 is 32.6 Å². The lowest BCUT2D eigenvalue weighted by molar-refractivity contribution is 0.100. The maximum absolute atomic E-state index is 11.5. The van der Waals surface area contributed by atoms with Crippen LogP contribution in [0.4, 0.5) is 11.6 Å². The Labute approximate surface area is 318 Å². The Kier molecular flexibility index (Phi) is 11.4. The zero-order valence-corrected chi connectivity index (χ0v) is 31.1. The number of rotatable bonds is 6. The summed E-state index contributed by atoms with van der Waals surface area (Å²) in [6.07, 6.45) is 9.66. The minimum atomic E-state index is -0.465. The van der Waals surface area contributed by atoms with Crippen molar-refractivity contribution in [3.63, 3.8) is 0 Å². The van der Waals surface area contributed by atoms with Crippen LogP contribution in [0.5, 0.6) is 5.88 Å². The van der Waals surface area contributed by atoms with Gasteiger partial charge in [0.2, 0.25) is 11.8 Å². The fourth-order valence-corrected chi connectivity index (χ4v) is 7.81. The van der Waals surface area contributed by atoms with Crippen LogP contribution in [0.15, 0.2) is 63.9 Å². The van der Waals surface area contributed by atoms with Gasteiger partial charge in [0.05, 0.1) is 39.8 Å². The first-order chi connectivity index (χ1) is 24.7. The third kappa shape index (κ3) is 7.20. The Morgan fingerprint density at radius 2 is 1.38 bits per heavy atom. The molecule has 2 saturated heterocycles. The molecular weight excluding hydrogens is 792 g/mol. The van der Waals surface area contributed by atoms with Gasteiger partial charge in [0.15, 0.2) is 11.3 Å². The summed E-state index contributed by atoms with van der Waals surface area (Å²) in [5.74, 6) is 1.83. The van der Waals surface area contributed by atoms with Gasteiger partial charge in [0.25, 0.3) is 0 Å². The quantitative estimate of drug-likeness (QED) is 0.141. The summed E-state index contributed by atoms with van der Waals surface area (Å²) in [5.41, 5.74) is 25.3. The number of pyridine rings is 1. The van der Waals surface area contributed by atoms with Gasteiger partial charge in [-0.25, -0.2) is 15.0 Å². The molecule has 0 saturated carbocycles. The molecule has 2 aliphatic rings. The second kappa shape index (κ2) is 15.9. The van der Waals surface area contributed by atoms with E-state index in [9.17, 15) is 4.79 Å². The Balaban J connectivity index is 0.000000175. The van der Waals surface area contributed by atoms with E-state index < -0.39 is 5.91 Å². The van der Waals surface area contributed by atoms with E-state index in [1.165, 1.54) is 0 Å². The number of aromatic nitrogens is 7. The number of amides is 1. The number of carbonyl (C=O) groups excluding carboxylic acids is 1. The van der Waals surface area contributed by atoms with E-state index in [-0.39, 0.29) is 7.43 Å².